The minimum absolute atomic E-state index is 0.0997. The minimum Gasteiger partial charge on any atom is -0.396 e. The van der Waals surface area contributed by atoms with Crippen LogP contribution < -0.4 is 0 Å². The summed E-state index contributed by atoms with van der Waals surface area (Å²) in [7, 11) is 0. The molecular weight excluding hydrogens is 150 g/mol. The van der Waals surface area contributed by atoms with Crippen LogP contribution in [-0.4, -0.2) is 24.5 Å². The predicted molar refractivity (Wildman–Crippen MR) is 53.5 cm³/mol. The van der Waals surface area contributed by atoms with Gasteiger partial charge < -0.3 is 5.11 Å². The molecule has 0 saturated heterocycles. The lowest BCUT2D eigenvalue weighted by atomic mass is 9.91. The molecule has 0 aromatic rings. The minimum atomic E-state index is 0.0997. The molecule has 2 heteroatoms. The molecule has 0 rings (SSSR count). The molecule has 12 heavy (non-hydrogen) atoms. The van der Waals surface area contributed by atoms with Gasteiger partial charge in [-0.1, -0.05) is 24.8 Å². The van der Waals surface area contributed by atoms with Crippen LogP contribution in [0.5, 0.6) is 0 Å². The summed E-state index contributed by atoms with van der Waals surface area (Å²) in [5.41, 5.74) is 0.920. The fourth-order valence-electron chi connectivity index (χ4n) is 1.15. The zero-order chi connectivity index (χ0) is 9.56. The highest BCUT2D eigenvalue weighted by Gasteiger charge is 2.16. The number of allylic oxidation sites excluding steroid dienone is 1. The van der Waals surface area contributed by atoms with Crippen LogP contribution in [0.25, 0.3) is 0 Å². The van der Waals surface area contributed by atoms with E-state index in [1.807, 2.05) is 6.92 Å². The second-order valence-corrected chi connectivity index (χ2v) is 2.82. The standard InChI is InChI=1S/C10H17NO/c1-5-8(2)10(6-7-12)9(3)11-4/h5,9-10,12H,1-2,4,6-7H2,3H3. The lowest BCUT2D eigenvalue weighted by Crippen LogP contribution is -2.17. The smallest absolute Gasteiger partial charge is 0.0533 e. The zero-order valence-electron chi connectivity index (χ0n) is 7.66. The zero-order valence-corrected chi connectivity index (χ0v) is 7.66. The van der Waals surface area contributed by atoms with E-state index in [0.717, 1.165) is 5.57 Å². The van der Waals surface area contributed by atoms with E-state index in [1.165, 1.54) is 0 Å². The number of aliphatic hydroxyl groups excluding tert-OH is 1. The average Bonchev–Trinajstić information content (AvgIpc) is 2.11. The van der Waals surface area contributed by atoms with E-state index in [-0.39, 0.29) is 18.6 Å². The second kappa shape index (κ2) is 5.72. The summed E-state index contributed by atoms with van der Waals surface area (Å²) >= 11 is 0. The normalized spacial score (nSPS) is 14.8. The third kappa shape index (κ3) is 3.01. The molecule has 2 unspecified atom stereocenters. The van der Waals surface area contributed by atoms with Crippen LogP contribution in [0.2, 0.25) is 0 Å². The molecule has 2 atom stereocenters. The fraction of sp³-hybridized carbons (Fsp3) is 0.500. The Morgan fingerprint density at radius 3 is 2.58 bits per heavy atom. The molecule has 0 aliphatic heterocycles. The van der Waals surface area contributed by atoms with Crippen molar-refractivity contribution in [3.05, 3.63) is 24.8 Å². The maximum absolute atomic E-state index is 8.79. The molecule has 0 radical (unpaired) electrons. The van der Waals surface area contributed by atoms with E-state index in [9.17, 15) is 0 Å². The average molecular weight is 167 g/mol. The van der Waals surface area contributed by atoms with Gasteiger partial charge in [-0.2, -0.15) is 0 Å². The van der Waals surface area contributed by atoms with Crippen molar-refractivity contribution in [1.82, 2.24) is 0 Å². The number of aliphatic hydroxyl groups is 1. The first-order chi connectivity index (χ1) is 5.67. The van der Waals surface area contributed by atoms with Gasteiger partial charge in [-0.15, -0.1) is 0 Å². The van der Waals surface area contributed by atoms with Crippen LogP contribution in [0.1, 0.15) is 13.3 Å². The highest BCUT2D eigenvalue weighted by molar-refractivity contribution is 5.26. The number of hydrogen-bond acceptors (Lipinski definition) is 2. The highest BCUT2D eigenvalue weighted by Crippen LogP contribution is 2.20. The molecule has 2 nitrogen and oxygen atoms in total. The van der Waals surface area contributed by atoms with E-state index < -0.39 is 0 Å². The van der Waals surface area contributed by atoms with E-state index >= 15 is 0 Å². The third-order valence-corrected chi connectivity index (χ3v) is 2.05. The quantitative estimate of drug-likeness (QED) is 0.475. The largest absolute Gasteiger partial charge is 0.396 e. The van der Waals surface area contributed by atoms with Crippen molar-refractivity contribution in [2.24, 2.45) is 10.9 Å². The maximum atomic E-state index is 8.79. The highest BCUT2D eigenvalue weighted by atomic mass is 16.3. The molecule has 0 amide bonds. The van der Waals surface area contributed by atoms with Gasteiger partial charge in [0.05, 0.1) is 6.04 Å². The molecule has 0 fully saturated rings. The topological polar surface area (TPSA) is 32.6 Å². The predicted octanol–water partition coefficient (Wildman–Crippen LogP) is 1.82. The molecule has 0 heterocycles. The van der Waals surface area contributed by atoms with Gasteiger partial charge in [0.1, 0.15) is 0 Å². The molecule has 0 bridgehead atoms. The van der Waals surface area contributed by atoms with Crippen LogP contribution in [0.15, 0.2) is 29.8 Å². The summed E-state index contributed by atoms with van der Waals surface area (Å²) in [6.45, 7) is 13.1. The lowest BCUT2D eigenvalue weighted by molar-refractivity contribution is 0.260. The van der Waals surface area contributed by atoms with Crippen molar-refractivity contribution < 1.29 is 5.11 Å². The molecule has 1 N–H and O–H groups in total. The Morgan fingerprint density at radius 1 is 1.67 bits per heavy atom. The third-order valence-electron chi connectivity index (χ3n) is 2.05. The number of aliphatic imine (C=N–C) groups is 1. The fourth-order valence-corrected chi connectivity index (χ4v) is 1.15. The van der Waals surface area contributed by atoms with Gasteiger partial charge in [-0.05, 0) is 20.1 Å². The van der Waals surface area contributed by atoms with Crippen molar-refractivity contribution in [3.63, 3.8) is 0 Å². The Hall–Kier alpha value is -0.890. The van der Waals surface area contributed by atoms with Crippen LogP contribution >= 0.6 is 0 Å². The first-order valence-corrected chi connectivity index (χ1v) is 4.05. The molecule has 68 valence electrons. The van der Waals surface area contributed by atoms with Crippen LogP contribution in [0.4, 0.5) is 0 Å². The first kappa shape index (κ1) is 11.1. The van der Waals surface area contributed by atoms with Crippen molar-refractivity contribution in [2.45, 2.75) is 19.4 Å². The van der Waals surface area contributed by atoms with Crippen molar-refractivity contribution >= 4 is 6.72 Å². The van der Waals surface area contributed by atoms with E-state index in [0.29, 0.717) is 6.42 Å². The first-order valence-electron chi connectivity index (χ1n) is 4.05. The number of nitrogens with zero attached hydrogens (tertiary/aromatic N) is 1. The summed E-state index contributed by atoms with van der Waals surface area (Å²) in [6, 6.07) is 0.0997. The Morgan fingerprint density at radius 2 is 2.25 bits per heavy atom. The summed E-state index contributed by atoms with van der Waals surface area (Å²) < 4.78 is 0. The molecule has 0 aliphatic rings. The Bertz CT molecular complexity index is 175. The Balaban J connectivity index is 4.30. The van der Waals surface area contributed by atoms with Gasteiger partial charge in [0.15, 0.2) is 0 Å². The van der Waals surface area contributed by atoms with Crippen molar-refractivity contribution in [2.75, 3.05) is 6.61 Å². The van der Waals surface area contributed by atoms with Gasteiger partial charge in [0, 0.05) is 12.5 Å². The van der Waals surface area contributed by atoms with Gasteiger partial charge >= 0.3 is 0 Å². The summed E-state index contributed by atoms with van der Waals surface area (Å²) in [6.07, 6.45) is 2.38. The van der Waals surface area contributed by atoms with Gasteiger partial charge in [0.2, 0.25) is 0 Å². The van der Waals surface area contributed by atoms with E-state index in [4.69, 9.17) is 5.11 Å². The number of hydrogen-bond donors (Lipinski definition) is 1. The van der Waals surface area contributed by atoms with Gasteiger partial charge in [-0.25, -0.2) is 0 Å². The summed E-state index contributed by atoms with van der Waals surface area (Å²) in [4.78, 5) is 3.91. The molecule has 0 aliphatic carbocycles. The monoisotopic (exact) mass is 167 g/mol. The summed E-state index contributed by atoms with van der Waals surface area (Å²) in [5.74, 6) is 0.171. The molecule has 0 aromatic heterocycles. The number of rotatable bonds is 6. The van der Waals surface area contributed by atoms with Crippen LogP contribution in [0, 0.1) is 5.92 Å². The molecular formula is C10H17NO. The van der Waals surface area contributed by atoms with Crippen LogP contribution in [-0.2, 0) is 0 Å². The Labute approximate surface area is 74.3 Å². The lowest BCUT2D eigenvalue weighted by Gasteiger charge is -2.19. The molecule has 0 spiro atoms. The Kier molecular flexibility index (Phi) is 5.30. The second-order valence-electron chi connectivity index (χ2n) is 2.82. The SMILES string of the molecule is C=CC(=C)C(CCO)C(C)N=C. The van der Waals surface area contributed by atoms with E-state index in [2.05, 4.69) is 24.9 Å². The van der Waals surface area contributed by atoms with Crippen LogP contribution in [0.3, 0.4) is 0 Å². The maximum Gasteiger partial charge on any atom is 0.0533 e. The van der Waals surface area contributed by atoms with Crippen molar-refractivity contribution in [1.29, 1.82) is 0 Å². The molecule has 0 saturated carbocycles. The molecule has 0 aromatic carbocycles. The van der Waals surface area contributed by atoms with Crippen molar-refractivity contribution in [3.8, 4) is 0 Å². The summed E-state index contributed by atoms with van der Waals surface area (Å²) in [5, 5.41) is 8.79. The van der Waals surface area contributed by atoms with Gasteiger partial charge in [0.25, 0.3) is 0 Å². The van der Waals surface area contributed by atoms with E-state index in [1.54, 1.807) is 6.08 Å². The van der Waals surface area contributed by atoms with Gasteiger partial charge in [-0.3, -0.25) is 4.99 Å².